The van der Waals surface area contributed by atoms with E-state index in [-0.39, 0.29) is 11.2 Å². The van der Waals surface area contributed by atoms with Gasteiger partial charge in [0.05, 0.1) is 23.6 Å². The quantitative estimate of drug-likeness (QED) is 0.221. The van der Waals surface area contributed by atoms with Gasteiger partial charge in [-0.1, -0.05) is 30.8 Å². The molecule has 190 valence electrons. The maximum absolute atomic E-state index is 13.2. The summed E-state index contributed by atoms with van der Waals surface area (Å²) >= 11 is 1.40. The van der Waals surface area contributed by atoms with Crippen LogP contribution in [0, 0.1) is 13.8 Å². The number of para-hydroxylation sites is 1. The third-order valence-corrected chi connectivity index (χ3v) is 7.42. The van der Waals surface area contributed by atoms with Gasteiger partial charge in [0.15, 0.2) is 16.6 Å². The van der Waals surface area contributed by atoms with Gasteiger partial charge in [-0.3, -0.25) is 9.48 Å². The molecule has 5 aromatic rings. The van der Waals surface area contributed by atoms with Crippen molar-refractivity contribution in [3.8, 4) is 5.75 Å². The summed E-state index contributed by atoms with van der Waals surface area (Å²) in [4.78, 5) is 22.9. The van der Waals surface area contributed by atoms with Crippen LogP contribution >= 0.6 is 11.8 Å². The molecule has 1 atom stereocenters. The zero-order chi connectivity index (χ0) is 25.9. The number of benzene rings is 2. The van der Waals surface area contributed by atoms with E-state index in [1.807, 2.05) is 74.0 Å². The van der Waals surface area contributed by atoms with Crippen LogP contribution in [-0.4, -0.2) is 47.6 Å². The highest BCUT2D eigenvalue weighted by Crippen LogP contribution is 2.29. The van der Waals surface area contributed by atoms with Crippen molar-refractivity contribution in [3.63, 3.8) is 0 Å². The minimum Gasteiger partial charge on any atom is -0.497 e. The number of nitrogens with zero attached hydrogens (tertiary/aromatic N) is 6. The Morgan fingerprint density at radius 1 is 1.08 bits per heavy atom. The second-order valence-corrected chi connectivity index (χ2v) is 9.98. The van der Waals surface area contributed by atoms with Crippen LogP contribution in [0.5, 0.6) is 5.75 Å². The number of amides is 1. The number of ether oxygens (including phenoxy) is 1. The van der Waals surface area contributed by atoms with Crippen molar-refractivity contribution < 1.29 is 9.53 Å². The topological polar surface area (TPSA) is 99.2 Å². The summed E-state index contributed by atoms with van der Waals surface area (Å²) < 4.78 is 8.95. The summed E-state index contributed by atoms with van der Waals surface area (Å²) in [6.45, 7) is 6.71. The van der Waals surface area contributed by atoms with Crippen molar-refractivity contribution in [1.82, 2.24) is 29.4 Å². The number of thioether (sulfide) groups is 1. The molecular weight excluding hydrogens is 486 g/mol. The molecule has 1 N–H and O–H groups in total. The zero-order valence-electron chi connectivity index (χ0n) is 21.3. The first kappa shape index (κ1) is 24.8. The Balaban J connectivity index is 1.43. The number of hydrogen-bond acceptors (Lipinski definition) is 7. The van der Waals surface area contributed by atoms with E-state index in [4.69, 9.17) is 19.8 Å². The second kappa shape index (κ2) is 10.6. The summed E-state index contributed by atoms with van der Waals surface area (Å²) in [7, 11) is 1.61. The van der Waals surface area contributed by atoms with Crippen molar-refractivity contribution >= 4 is 39.9 Å². The van der Waals surface area contributed by atoms with Crippen molar-refractivity contribution in [2.75, 3.05) is 12.4 Å². The SMILES string of the molecule is CCC(Sc1nc2ccccc2c2nc(CCn3nc(C)cc3C)nn12)C(=O)Nc1ccc(OC)cc1. The Bertz CT molecular complexity index is 1560. The molecular formula is C27H29N7O2S. The minimum atomic E-state index is -0.360. The van der Waals surface area contributed by atoms with Gasteiger partial charge in [-0.15, -0.1) is 5.10 Å². The maximum Gasteiger partial charge on any atom is 0.237 e. The molecule has 1 unspecified atom stereocenters. The number of hydrogen-bond donors (Lipinski definition) is 1. The molecule has 5 rings (SSSR count). The normalized spacial score (nSPS) is 12.2. The van der Waals surface area contributed by atoms with E-state index in [9.17, 15) is 4.79 Å². The molecule has 3 aromatic heterocycles. The van der Waals surface area contributed by atoms with Gasteiger partial charge in [0.1, 0.15) is 5.75 Å². The minimum absolute atomic E-state index is 0.0920. The van der Waals surface area contributed by atoms with E-state index < -0.39 is 0 Å². The molecule has 3 heterocycles. The Hall–Kier alpha value is -3.92. The van der Waals surface area contributed by atoms with Gasteiger partial charge >= 0.3 is 0 Å². The molecule has 0 bridgehead atoms. The van der Waals surface area contributed by atoms with E-state index >= 15 is 0 Å². The molecule has 0 aliphatic carbocycles. The fourth-order valence-electron chi connectivity index (χ4n) is 4.21. The van der Waals surface area contributed by atoms with Gasteiger partial charge in [0.2, 0.25) is 5.91 Å². The standard InChI is InChI=1S/C27H29N7O2S/c1-5-23(26(35)28-19-10-12-20(36-4)13-11-19)37-27-29-22-9-7-6-8-21(22)25-30-24(32-34(25)27)14-15-33-18(3)16-17(2)31-33/h6-13,16,23H,5,14-15H2,1-4H3,(H,28,35). The van der Waals surface area contributed by atoms with Crippen LogP contribution in [0.1, 0.15) is 30.6 Å². The van der Waals surface area contributed by atoms with E-state index in [1.54, 1.807) is 11.6 Å². The predicted molar refractivity (Wildman–Crippen MR) is 145 cm³/mol. The maximum atomic E-state index is 13.2. The molecule has 10 heteroatoms. The van der Waals surface area contributed by atoms with Gasteiger partial charge in [0.25, 0.3) is 0 Å². The third-order valence-electron chi connectivity index (χ3n) is 6.11. The number of carbonyl (C=O) groups is 1. The molecule has 9 nitrogen and oxygen atoms in total. The van der Waals surface area contributed by atoms with E-state index in [0.717, 1.165) is 33.7 Å². The first-order chi connectivity index (χ1) is 17.9. The number of aromatic nitrogens is 6. The number of anilines is 1. The summed E-state index contributed by atoms with van der Waals surface area (Å²) in [5.41, 5.74) is 4.38. The number of aryl methyl sites for hydroxylation is 4. The lowest BCUT2D eigenvalue weighted by Gasteiger charge is -2.15. The molecule has 0 aliphatic rings. The summed E-state index contributed by atoms with van der Waals surface area (Å²) in [5.74, 6) is 1.36. The summed E-state index contributed by atoms with van der Waals surface area (Å²) in [6, 6.07) is 17.2. The lowest BCUT2D eigenvalue weighted by atomic mass is 10.2. The average Bonchev–Trinajstić information content (AvgIpc) is 3.48. The van der Waals surface area contributed by atoms with Gasteiger partial charge < -0.3 is 10.1 Å². The first-order valence-corrected chi connectivity index (χ1v) is 13.1. The fourth-order valence-corrected chi connectivity index (χ4v) is 5.17. The summed E-state index contributed by atoms with van der Waals surface area (Å²) in [6.07, 6.45) is 1.26. The highest BCUT2D eigenvalue weighted by Gasteiger charge is 2.23. The molecule has 37 heavy (non-hydrogen) atoms. The Kier molecular flexibility index (Phi) is 7.09. The highest BCUT2D eigenvalue weighted by molar-refractivity contribution is 8.00. The van der Waals surface area contributed by atoms with Crippen LogP contribution in [0.25, 0.3) is 16.6 Å². The van der Waals surface area contributed by atoms with Gasteiger partial charge in [-0.2, -0.15) is 9.61 Å². The van der Waals surface area contributed by atoms with Crippen LogP contribution < -0.4 is 10.1 Å². The molecule has 1 amide bonds. The number of nitrogens with one attached hydrogen (secondary N) is 1. The van der Waals surface area contributed by atoms with Crippen molar-refractivity contribution in [2.45, 2.75) is 50.6 Å². The molecule has 2 aromatic carbocycles. The monoisotopic (exact) mass is 515 g/mol. The van der Waals surface area contributed by atoms with Crippen LogP contribution in [0.2, 0.25) is 0 Å². The number of rotatable bonds is 9. The van der Waals surface area contributed by atoms with Gasteiger partial charge in [0, 0.05) is 29.7 Å². The molecule has 0 saturated heterocycles. The number of fused-ring (bicyclic) bond motifs is 3. The van der Waals surface area contributed by atoms with E-state index in [0.29, 0.717) is 36.1 Å². The van der Waals surface area contributed by atoms with E-state index in [2.05, 4.69) is 16.5 Å². The van der Waals surface area contributed by atoms with Crippen LogP contribution in [-0.2, 0) is 17.8 Å². The van der Waals surface area contributed by atoms with Crippen molar-refractivity contribution in [3.05, 3.63) is 71.8 Å². The van der Waals surface area contributed by atoms with Crippen molar-refractivity contribution in [1.29, 1.82) is 0 Å². The summed E-state index contributed by atoms with van der Waals surface area (Å²) in [5, 5.41) is 13.5. The fraction of sp³-hybridized carbons (Fsp3) is 0.296. The van der Waals surface area contributed by atoms with Gasteiger partial charge in [-0.05, 0) is 62.7 Å². The lowest BCUT2D eigenvalue weighted by Crippen LogP contribution is -2.25. The Morgan fingerprint density at radius 2 is 1.86 bits per heavy atom. The average molecular weight is 516 g/mol. The van der Waals surface area contributed by atoms with Crippen LogP contribution in [0.3, 0.4) is 0 Å². The second-order valence-electron chi connectivity index (χ2n) is 8.81. The zero-order valence-corrected chi connectivity index (χ0v) is 22.1. The largest absolute Gasteiger partial charge is 0.497 e. The Labute approximate surface area is 219 Å². The molecule has 0 aliphatic heterocycles. The number of carbonyl (C=O) groups excluding carboxylic acids is 1. The third kappa shape index (κ3) is 5.29. The lowest BCUT2D eigenvalue weighted by molar-refractivity contribution is -0.115. The van der Waals surface area contributed by atoms with Crippen molar-refractivity contribution in [2.24, 2.45) is 0 Å². The van der Waals surface area contributed by atoms with Gasteiger partial charge in [-0.25, -0.2) is 9.97 Å². The van der Waals surface area contributed by atoms with Crippen LogP contribution in [0.15, 0.2) is 59.8 Å². The first-order valence-electron chi connectivity index (χ1n) is 12.2. The molecule has 0 fully saturated rings. The molecule has 0 saturated carbocycles. The smallest absolute Gasteiger partial charge is 0.237 e. The molecule has 0 spiro atoms. The van der Waals surface area contributed by atoms with Crippen LogP contribution in [0.4, 0.5) is 5.69 Å². The highest BCUT2D eigenvalue weighted by atomic mass is 32.2. The predicted octanol–water partition coefficient (Wildman–Crippen LogP) is 4.85. The Morgan fingerprint density at radius 3 is 2.57 bits per heavy atom. The number of methoxy groups -OCH3 is 1. The molecule has 0 radical (unpaired) electrons. The van der Waals surface area contributed by atoms with E-state index in [1.165, 1.54) is 11.8 Å².